The summed E-state index contributed by atoms with van der Waals surface area (Å²) in [4.78, 5) is 14.9. The summed E-state index contributed by atoms with van der Waals surface area (Å²) in [6, 6.07) is 0. The van der Waals surface area contributed by atoms with Gasteiger partial charge in [-0.05, 0) is 69.7 Å². The molecule has 1 N–H and O–H groups in total. The van der Waals surface area contributed by atoms with Crippen molar-refractivity contribution in [1.29, 1.82) is 0 Å². The van der Waals surface area contributed by atoms with Gasteiger partial charge in [0.25, 0.3) is 0 Å². The molecule has 3 nitrogen and oxygen atoms in total. The Balaban J connectivity index is 1.33. The Morgan fingerprint density at radius 2 is 1.83 bits per heavy atom. The third kappa shape index (κ3) is 5.20. The number of carbonyl (C=O) groups is 1. The van der Waals surface area contributed by atoms with Crippen LogP contribution in [0.15, 0.2) is 23.8 Å². The lowest BCUT2D eigenvalue weighted by atomic mass is 9.80. The molecule has 1 saturated carbocycles. The van der Waals surface area contributed by atoms with Crippen molar-refractivity contribution < 1.29 is 4.79 Å². The van der Waals surface area contributed by atoms with Crippen molar-refractivity contribution in [2.45, 2.75) is 64.2 Å². The number of hydrogen-bond donors (Lipinski definition) is 1. The van der Waals surface area contributed by atoms with Gasteiger partial charge in [0, 0.05) is 6.54 Å². The summed E-state index contributed by atoms with van der Waals surface area (Å²) in [6.07, 6.45) is 19.6. The van der Waals surface area contributed by atoms with Crippen molar-refractivity contribution in [3.8, 4) is 0 Å². The first-order valence-electron chi connectivity index (χ1n) is 10.2. The summed E-state index contributed by atoms with van der Waals surface area (Å²) in [5.74, 6) is 1.01. The fourth-order valence-corrected chi connectivity index (χ4v) is 4.40. The van der Waals surface area contributed by atoms with Crippen LogP contribution in [0.2, 0.25) is 0 Å². The van der Waals surface area contributed by atoms with Crippen LogP contribution < -0.4 is 5.32 Å². The number of allylic oxidation sites excluding steroid dienone is 3. The molecule has 0 spiro atoms. The second-order valence-electron chi connectivity index (χ2n) is 7.79. The quantitative estimate of drug-likeness (QED) is 0.745. The zero-order valence-electron chi connectivity index (χ0n) is 15.1. The summed E-state index contributed by atoms with van der Waals surface area (Å²) in [5.41, 5.74) is 1.49. The Bertz CT molecular complexity index is 456. The number of amides is 1. The Kier molecular flexibility index (Phi) is 6.95. The van der Waals surface area contributed by atoms with Gasteiger partial charge in [-0.1, -0.05) is 43.9 Å². The monoisotopic (exact) mass is 330 g/mol. The third-order valence-corrected chi connectivity index (χ3v) is 5.94. The lowest BCUT2D eigenvalue weighted by Crippen LogP contribution is -2.35. The highest BCUT2D eigenvalue weighted by Gasteiger charge is 2.21. The minimum Gasteiger partial charge on any atom is -0.356 e. The molecule has 0 bridgehead atoms. The van der Waals surface area contributed by atoms with Crippen molar-refractivity contribution in [3.63, 3.8) is 0 Å². The van der Waals surface area contributed by atoms with Gasteiger partial charge in [-0.15, -0.1) is 0 Å². The molecule has 1 atom stereocenters. The lowest BCUT2D eigenvalue weighted by Gasteiger charge is -2.26. The highest BCUT2D eigenvalue weighted by atomic mass is 16.1. The molecule has 1 unspecified atom stereocenters. The van der Waals surface area contributed by atoms with E-state index in [2.05, 4.69) is 28.4 Å². The molecule has 24 heavy (non-hydrogen) atoms. The molecule has 1 heterocycles. The van der Waals surface area contributed by atoms with Crippen LogP contribution in [0.1, 0.15) is 64.2 Å². The number of nitrogens with one attached hydrogen (secondary N) is 1. The molecule has 0 aromatic heterocycles. The number of carbonyl (C=O) groups excluding carboxylic acids is 1. The Morgan fingerprint density at radius 3 is 2.54 bits per heavy atom. The molecule has 0 aromatic rings. The fourth-order valence-electron chi connectivity index (χ4n) is 4.40. The van der Waals surface area contributed by atoms with E-state index in [1.807, 2.05) is 0 Å². The van der Waals surface area contributed by atoms with Crippen LogP contribution in [0.25, 0.3) is 0 Å². The topological polar surface area (TPSA) is 32.3 Å². The van der Waals surface area contributed by atoms with Gasteiger partial charge < -0.3 is 10.2 Å². The maximum atomic E-state index is 12.3. The molecule has 1 aliphatic heterocycles. The van der Waals surface area contributed by atoms with E-state index < -0.39 is 0 Å². The van der Waals surface area contributed by atoms with E-state index >= 15 is 0 Å². The molecular formula is C21H34N2O. The number of piperidine rings is 1. The Morgan fingerprint density at radius 1 is 1.08 bits per heavy atom. The molecule has 1 amide bonds. The number of nitrogens with zero attached hydrogens (tertiary/aromatic N) is 1. The summed E-state index contributed by atoms with van der Waals surface area (Å²) < 4.78 is 0. The van der Waals surface area contributed by atoms with Crippen LogP contribution in [0, 0.1) is 11.8 Å². The Labute approximate surface area is 147 Å². The number of likely N-dealkylation sites (tertiary alicyclic amines) is 1. The maximum absolute atomic E-state index is 12.3. The molecule has 2 fully saturated rings. The molecule has 0 aromatic carbocycles. The second-order valence-corrected chi connectivity index (χ2v) is 7.79. The van der Waals surface area contributed by atoms with E-state index in [1.54, 1.807) is 0 Å². The SMILES string of the molecule is O=C(NCCCN1CCCCC1)C1C=CC(C2CCCCC2)=CC1. The number of hydrogen-bond acceptors (Lipinski definition) is 2. The van der Waals surface area contributed by atoms with Crippen LogP contribution in [0.4, 0.5) is 0 Å². The molecule has 0 radical (unpaired) electrons. The minimum absolute atomic E-state index is 0.0485. The van der Waals surface area contributed by atoms with Gasteiger partial charge in [0.05, 0.1) is 5.92 Å². The predicted octanol–water partition coefficient (Wildman–Crippen LogP) is 4.06. The standard InChI is InChI=1S/C21H34N2O/c24-21(22-14-7-17-23-15-5-2-6-16-23)20-12-10-19(11-13-20)18-8-3-1-4-9-18/h10-12,18,20H,1-9,13-17H2,(H,22,24). The molecule has 134 valence electrons. The summed E-state index contributed by atoms with van der Waals surface area (Å²) >= 11 is 0. The molecule has 1 saturated heterocycles. The molecular weight excluding hydrogens is 296 g/mol. The van der Waals surface area contributed by atoms with Gasteiger partial charge in [-0.2, -0.15) is 0 Å². The molecule has 2 aliphatic carbocycles. The van der Waals surface area contributed by atoms with Crippen molar-refractivity contribution in [2.24, 2.45) is 11.8 Å². The van der Waals surface area contributed by atoms with E-state index in [4.69, 9.17) is 0 Å². The van der Waals surface area contributed by atoms with Crippen LogP contribution in [0.5, 0.6) is 0 Å². The molecule has 3 heteroatoms. The van der Waals surface area contributed by atoms with Crippen molar-refractivity contribution in [3.05, 3.63) is 23.8 Å². The summed E-state index contributed by atoms with van der Waals surface area (Å²) in [6.45, 7) is 4.44. The van der Waals surface area contributed by atoms with Crippen molar-refractivity contribution in [2.75, 3.05) is 26.2 Å². The zero-order valence-corrected chi connectivity index (χ0v) is 15.1. The van der Waals surface area contributed by atoms with Crippen molar-refractivity contribution in [1.82, 2.24) is 10.2 Å². The summed E-state index contributed by atoms with van der Waals surface area (Å²) in [7, 11) is 0. The molecule has 3 aliphatic rings. The Hall–Kier alpha value is -1.09. The van der Waals surface area contributed by atoms with E-state index in [1.165, 1.54) is 70.0 Å². The van der Waals surface area contributed by atoms with Gasteiger partial charge in [0.1, 0.15) is 0 Å². The van der Waals surface area contributed by atoms with E-state index in [9.17, 15) is 4.79 Å². The van der Waals surface area contributed by atoms with E-state index in [0.29, 0.717) is 0 Å². The van der Waals surface area contributed by atoms with Gasteiger partial charge in [-0.25, -0.2) is 0 Å². The first-order chi connectivity index (χ1) is 11.8. The van der Waals surface area contributed by atoms with Crippen molar-refractivity contribution >= 4 is 5.91 Å². The van der Waals surface area contributed by atoms with Gasteiger partial charge >= 0.3 is 0 Å². The smallest absolute Gasteiger partial charge is 0.227 e. The minimum atomic E-state index is 0.0485. The molecule has 3 rings (SSSR count). The van der Waals surface area contributed by atoms with E-state index in [0.717, 1.165) is 31.8 Å². The largest absolute Gasteiger partial charge is 0.356 e. The highest BCUT2D eigenvalue weighted by Crippen LogP contribution is 2.33. The van der Waals surface area contributed by atoms with Crippen LogP contribution in [0.3, 0.4) is 0 Å². The number of rotatable bonds is 6. The second kappa shape index (κ2) is 9.41. The van der Waals surface area contributed by atoms with Crippen LogP contribution >= 0.6 is 0 Å². The average molecular weight is 331 g/mol. The van der Waals surface area contributed by atoms with Crippen LogP contribution in [-0.4, -0.2) is 37.0 Å². The van der Waals surface area contributed by atoms with Crippen LogP contribution in [-0.2, 0) is 4.79 Å². The van der Waals surface area contributed by atoms with Gasteiger partial charge in [-0.3, -0.25) is 4.79 Å². The van der Waals surface area contributed by atoms with Gasteiger partial charge in [0.15, 0.2) is 0 Å². The first kappa shape index (κ1) is 17.7. The lowest BCUT2D eigenvalue weighted by molar-refractivity contribution is -0.123. The third-order valence-electron chi connectivity index (χ3n) is 5.94. The fraction of sp³-hybridized carbons (Fsp3) is 0.762. The summed E-state index contributed by atoms with van der Waals surface area (Å²) in [5, 5.41) is 3.14. The van der Waals surface area contributed by atoms with E-state index in [-0.39, 0.29) is 11.8 Å². The maximum Gasteiger partial charge on any atom is 0.227 e. The highest BCUT2D eigenvalue weighted by molar-refractivity contribution is 5.81. The van der Waals surface area contributed by atoms with Gasteiger partial charge in [0.2, 0.25) is 5.91 Å². The zero-order chi connectivity index (χ0) is 16.6. The first-order valence-corrected chi connectivity index (χ1v) is 10.2. The normalized spacial score (nSPS) is 26.2. The average Bonchev–Trinajstić information content (AvgIpc) is 2.67. The predicted molar refractivity (Wildman–Crippen MR) is 99.8 cm³/mol.